The Kier molecular flexibility index (Phi) is 37.2. The predicted molar refractivity (Wildman–Crippen MR) is 244 cm³/mol. The van der Waals surface area contributed by atoms with Gasteiger partial charge in [0.15, 0.2) is 6.29 Å². The maximum absolute atomic E-state index is 13.0. The number of allylic oxidation sites excluding steroid dienone is 9. The van der Waals surface area contributed by atoms with Gasteiger partial charge in [-0.2, -0.15) is 0 Å². The van der Waals surface area contributed by atoms with Gasteiger partial charge in [0.05, 0.1) is 25.4 Å². The molecule has 0 aliphatic carbocycles. The summed E-state index contributed by atoms with van der Waals surface area (Å²) in [4.78, 5) is 13.0. The minimum atomic E-state index is -1.58. The highest BCUT2D eigenvalue weighted by Crippen LogP contribution is 2.22. The number of hydrogen-bond donors (Lipinski definition) is 6. The van der Waals surface area contributed by atoms with Crippen LogP contribution in [0.5, 0.6) is 0 Å². The molecule has 59 heavy (non-hydrogen) atoms. The Hall–Kier alpha value is -2.11. The number of rotatable bonds is 39. The van der Waals surface area contributed by atoms with E-state index in [-0.39, 0.29) is 12.5 Å². The van der Waals surface area contributed by atoms with E-state index in [4.69, 9.17) is 9.47 Å². The van der Waals surface area contributed by atoms with Crippen LogP contribution in [0.25, 0.3) is 0 Å². The predicted octanol–water partition coefficient (Wildman–Crippen LogP) is 10.4. The fourth-order valence-electron chi connectivity index (χ4n) is 7.16. The molecule has 0 aromatic heterocycles. The van der Waals surface area contributed by atoms with Crippen LogP contribution < -0.4 is 5.32 Å². The molecule has 0 radical (unpaired) electrons. The summed E-state index contributed by atoms with van der Waals surface area (Å²) < 4.78 is 11.2. The number of amides is 1. The molecule has 1 amide bonds. The summed E-state index contributed by atoms with van der Waals surface area (Å²) in [7, 11) is 0. The average Bonchev–Trinajstić information content (AvgIpc) is 3.23. The SMILES string of the molecule is CCCCCCC/C=C\C/C=C\CCCCCCCCCCCC(=O)NC(COC1OC(CO)C(O)C(O)C1O)C(O)/C=C/CC/C=C/CC/C=C/CCCCCCC. The maximum Gasteiger partial charge on any atom is 0.220 e. The zero-order chi connectivity index (χ0) is 43.0. The van der Waals surface area contributed by atoms with Crippen LogP contribution in [-0.4, -0.2) is 87.5 Å². The molecule has 0 aromatic carbocycles. The fourth-order valence-corrected chi connectivity index (χ4v) is 7.16. The number of aliphatic hydroxyl groups excluding tert-OH is 5. The highest BCUT2D eigenvalue weighted by molar-refractivity contribution is 5.76. The summed E-state index contributed by atoms with van der Waals surface area (Å²) in [5.41, 5.74) is 0. The van der Waals surface area contributed by atoms with Crippen LogP contribution in [0.2, 0.25) is 0 Å². The number of hydrogen-bond acceptors (Lipinski definition) is 8. The van der Waals surface area contributed by atoms with Crippen LogP contribution in [0.1, 0.15) is 194 Å². The first kappa shape index (κ1) is 54.9. The zero-order valence-electron chi connectivity index (χ0n) is 37.5. The molecular formula is C50H89NO8. The Morgan fingerprint density at radius 3 is 1.53 bits per heavy atom. The molecule has 7 atom stereocenters. The summed E-state index contributed by atoms with van der Waals surface area (Å²) >= 11 is 0. The lowest BCUT2D eigenvalue weighted by Gasteiger charge is -2.40. The third-order valence-corrected chi connectivity index (χ3v) is 11.0. The van der Waals surface area contributed by atoms with Gasteiger partial charge in [-0.1, -0.05) is 171 Å². The van der Waals surface area contributed by atoms with Crippen molar-refractivity contribution in [2.75, 3.05) is 13.2 Å². The second-order valence-electron chi connectivity index (χ2n) is 16.5. The molecule has 0 aromatic rings. The smallest absolute Gasteiger partial charge is 0.220 e. The number of aliphatic hydroxyl groups is 5. The van der Waals surface area contributed by atoms with E-state index in [1.54, 1.807) is 6.08 Å². The number of carbonyl (C=O) groups excluding carboxylic acids is 1. The molecule has 7 unspecified atom stereocenters. The third-order valence-electron chi connectivity index (χ3n) is 11.0. The fraction of sp³-hybridized carbons (Fsp3) is 0.780. The van der Waals surface area contributed by atoms with Crippen molar-refractivity contribution < 1.29 is 39.8 Å². The van der Waals surface area contributed by atoms with E-state index in [1.807, 2.05) is 6.08 Å². The molecule has 9 heteroatoms. The molecule has 1 aliphatic rings. The van der Waals surface area contributed by atoms with Crippen molar-refractivity contribution in [1.82, 2.24) is 5.32 Å². The molecule has 0 spiro atoms. The van der Waals surface area contributed by atoms with Gasteiger partial charge >= 0.3 is 0 Å². The molecule has 9 nitrogen and oxygen atoms in total. The quantitative estimate of drug-likeness (QED) is 0.0265. The Morgan fingerprint density at radius 2 is 1.02 bits per heavy atom. The Labute approximate surface area is 360 Å². The Morgan fingerprint density at radius 1 is 0.576 bits per heavy atom. The maximum atomic E-state index is 13.0. The summed E-state index contributed by atoms with van der Waals surface area (Å²) in [5.74, 6) is -0.198. The lowest BCUT2D eigenvalue weighted by molar-refractivity contribution is -0.302. The normalized spacial score (nSPS) is 21.2. The minimum Gasteiger partial charge on any atom is -0.394 e. The van der Waals surface area contributed by atoms with Crippen molar-refractivity contribution in [3.63, 3.8) is 0 Å². The summed E-state index contributed by atoms with van der Waals surface area (Å²) in [6.45, 7) is 3.71. The molecule has 0 bridgehead atoms. The molecule has 1 aliphatic heterocycles. The third kappa shape index (κ3) is 30.6. The summed E-state index contributed by atoms with van der Waals surface area (Å²) in [6, 6.07) is -0.831. The second-order valence-corrected chi connectivity index (χ2v) is 16.5. The first-order valence-electron chi connectivity index (χ1n) is 24.0. The second kappa shape index (κ2) is 40.0. The van der Waals surface area contributed by atoms with E-state index >= 15 is 0 Å². The molecule has 6 N–H and O–H groups in total. The van der Waals surface area contributed by atoms with E-state index in [2.05, 4.69) is 67.8 Å². The Bertz CT molecular complexity index is 1100. The van der Waals surface area contributed by atoms with Crippen LogP contribution >= 0.6 is 0 Å². The van der Waals surface area contributed by atoms with Crippen LogP contribution in [0, 0.1) is 0 Å². The van der Waals surface area contributed by atoms with Crippen LogP contribution in [-0.2, 0) is 14.3 Å². The van der Waals surface area contributed by atoms with Gasteiger partial charge < -0.3 is 40.3 Å². The largest absolute Gasteiger partial charge is 0.394 e. The first-order chi connectivity index (χ1) is 28.8. The van der Waals surface area contributed by atoms with Gasteiger partial charge in [0.2, 0.25) is 5.91 Å². The van der Waals surface area contributed by atoms with Gasteiger partial charge in [-0.15, -0.1) is 0 Å². The minimum absolute atomic E-state index is 0.198. The monoisotopic (exact) mass is 832 g/mol. The molecule has 0 saturated carbocycles. The van der Waals surface area contributed by atoms with E-state index in [0.717, 1.165) is 70.6 Å². The van der Waals surface area contributed by atoms with Crippen LogP contribution in [0.15, 0.2) is 60.8 Å². The van der Waals surface area contributed by atoms with E-state index < -0.39 is 49.5 Å². The van der Waals surface area contributed by atoms with Gasteiger partial charge in [0.1, 0.15) is 24.4 Å². The van der Waals surface area contributed by atoms with E-state index in [1.165, 1.54) is 103 Å². The highest BCUT2D eigenvalue weighted by Gasteiger charge is 2.44. The summed E-state index contributed by atoms with van der Waals surface area (Å²) in [5, 5.41) is 54.2. The van der Waals surface area contributed by atoms with Crippen LogP contribution in [0.3, 0.4) is 0 Å². The number of carbonyl (C=O) groups is 1. The highest BCUT2D eigenvalue weighted by atomic mass is 16.7. The van der Waals surface area contributed by atoms with Crippen molar-refractivity contribution in [3.05, 3.63) is 60.8 Å². The first-order valence-corrected chi connectivity index (χ1v) is 24.0. The Balaban J connectivity index is 2.35. The van der Waals surface area contributed by atoms with Gasteiger partial charge in [-0.3, -0.25) is 4.79 Å². The van der Waals surface area contributed by atoms with E-state index in [9.17, 15) is 30.3 Å². The van der Waals surface area contributed by atoms with Crippen molar-refractivity contribution >= 4 is 5.91 Å². The molecule has 342 valence electrons. The molecule has 1 rings (SSSR count). The van der Waals surface area contributed by atoms with Crippen molar-refractivity contribution in [1.29, 1.82) is 0 Å². The number of nitrogens with one attached hydrogen (secondary N) is 1. The van der Waals surface area contributed by atoms with Gasteiger partial charge in [0.25, 0.3) is 0 Å². The zero-order valence-corrected chi connectivity index (χ0v) is 37.5. The lowest BCUT2D eigenvalue weighted by atomic mass is 9.99. The number of ether oxygens (including phenoxy) is 2. The van der Waals surface area contributed by atoms with Gasteiger partial charge in [0, 0.05) is 6.42 Å². The molecule has 1 heterocycles. The van der Waals surface area contributed by atoms with Crippen LogP contribution in [0.4, 0.5) is 0 Å². The topological polar surface area (TPSA) is 149 Å². The van der Waals surface area contributed by atoms with Crippen molar-refractivity contribution in [2.24, 2.45) is 0 Å². The lowest BCUT2D eigenvalue weighted by Crippen LogP contribution is -2.60. The van der Waals surface area contributed by atoms with E-state index in [0.29, 0.717) is 6.42 Å². The van der Waals surface area contributed by atoms with Crippen molar-refractivity contribution in [3.8, 4) is 0 Å². The molecule has 1 fully saturated rings. The number of unbranched alkanes of at least 4 members (excludes halogenated alkanes) is 21. The molecule has 1 saturated heterocycles. The van der Waals surface area contributed by atoms with Crippen molar-refractivity contribution in [2.45, 2.75) is 236 Å². The average molecular weight is 832 g/mol. The standard InChI is InChI=1S/C50H89NO8/c1-3-5-7-9-11-13-15-17-19-20-21-22-23-24-26-28-30-32-34-36-38-40-46(54)51-43(42-58-50-49(57)48(56)47(55)45(41-52)59-50)44(53)39-37-35-33-31-29-27-25-18-16-14-12-10-8-6-4-2/h15-18,20-21,29,31,37,39,43-45,47-50,52-53,55-57H,3-14,19,22-28,30,32-36,38,40-42H2,1-2H3,(H,51,54)/b17-15-,18-16+,21-20-,31-29+,39-37+. The molecular weight excluding hydrogens is 743 g/mol. The van der Waals surface area contributed by atoms with Gasteiger partial charge in [-0.25, -0.2) is 0 Å². The van der Waals surface area contributed by atoms with Gasteiger partial charge in [-0.05, 0) is 77.0 Å². The summed E-state index contributed by atoms with van der Waals surface area (Å²) in [6.07, 6.45) is 45.5.